The van der Waals surface area contributed by atoms with Crippen LogP contribution in [0.3, 0.4) is 0 Å². The third-order valence-electron chi connectivity index (χ3n) is 3.88. The molecule has 0 bridgehead atoms. The van der Waals surface area contributed by atoms with E-state index < -0.39 is 21.7 Å². The number of sulfonamides is 1. The van der Waals surface area contributed by atoms with Crippen LogP contribution in [0.2, 0.25) is 0 Å². The van der Waals surface area contributed by atoms with Crippen molar-refractivity contribution in [3.63, 3.8) is 0 Å². The van der Waals surface area contributed by atoms with E-state index in [0.29, 0.717) is 0 Å². The summed E-state index contributed by atoms with van der Waals surface area (Å²) in [6.45, 7) is 0. The van der Waals surface area contributed by atoms with Crippen LogP contribution in [0.1, 0.15) is 39.7 Å². The highest BCUT2D eigenvalue weighted by molar-refractivity contribution is 7.92. The Kier molecular flexibility index (Phi) is 4.60. The highest BCUT2D eigenvalue weighted by Crippen LogP contribution is 2.33. The van der Waals surface area contributed by atoms with Crippen LogP contribution in [0.15, 0.2) is 29.6 Å². The largest absolute Gasteiger partial charge is 0.345 e. The molecule has 0 radical (unpaired) electrons. The predicted octanol–water partition coefficient (Wildman–Crippen LogP) is 3.07. The van der Waals surface area contributed by atoms with E-state index in [1.54, 1.807) is 11.3 Å². The summed E-state index contributed by atoms with van der Waals surface area (Å²) in [5.41, 5.74) is 1.13. The van der Waals surface area contributed by atoms with Gasteiger partial charge in [-0.2, -0.15) is 0 Å². The highest BCUT2D eigenvalue weighted by Gasteiger charge is 2.24. The summed E-state index contributed by atoms with van der Waals surface area (Å²) in [5.74, 6) is -1.09. The van der Waals surface area contributed by atoms with E-state index in [9.17, 15) is 17.6 Å². The quantitative estimate of drug-likeness (QED) is 0.871. The minimum Gasteiger partial charge on any atom is -0.345 e. The summed E-state index contributed by atoms with van der Waals surface area (Å²) in [5, 5.41) is 4.89. The van der Waals surface area contributed by atoms with Crippen molar-refractivity contribution in [3.05, 3.63) is 51.5 Å². The van der Waals surface area contributed by atoms with Crippen LogP contribution in [-0.2, 0) is 16.4 Å². The molecular weight excluding hydrogens is 351 g/mol. The smallest absolute Gasteiger partial charge is 0.254 e. The maximum absolute atomic E-state index is 13.6. The number of hydrogen-bond donors (Lipinski definition) is 2. The van der Waals surface area contributed by atoms with Gasteiger partial charge < -0.3 is 5.32 Å². The van der Waals surface area contributed by atoms with Crippen molar-refractivity contribution in [2.45, 2.75) is 25.3 Å². The molecule has 0 fully saturated rings. The van der Waals surface area contributed by atoms with Gasteiger partial charge in [-0.1, -0.05) is 0 Å². The van der Waals surface area contributed by atoms with Crippen molar-refractivity contribution in [3.8, 4) is 0 Å². The molecule has 1 heterocycles. The Labute approximate surface area is 144 Å². The Morgan fingerprint density at radius 1 is 1.33 bits per heavy atom. The molecule has 0 spiro atoms. The first kappa shape index (κ1) is 16.9. The van der Waals surface area contributed by atoms with E-state index in [1.807, 2.05) is 11.4 Å². The maximum Gasteiger partial charge on any atom is 0.254 e. The standard InChI is InChI=1S/C16H17FN2O3S2/c1-24(21,22)19-14-6-5-10(17)9-12(14)16(20)18-13-3-2-4-15-11(13)7-8-23-15/h5-9,13,19H,2-4H2,1H3,(H,18,20). The zero-order valence-corrected chi connectivity index (χ0v) is 14.6. The lowest BCUT2D eigenvalue weighted by atomic mass is 9.94. The van der Waals surface area contributed by atoms with E-state index in [-0.39, 0.29) is 17.3 Å². The van der Waals surface area contributed by atoms with Crippen molar-refractivity contribution in [1.82, 2.24) is 5.32 Å². The molecule has 128 valence electrons. The van der Waals surface area contributed by atoms with Crippen molar-refractivity contribution < 1.29 is 17.6 Å². The van der Waals surface area contributed by atoms with Gasteiger partial charge in [0.2, 0.25) is 10.0 Å². The molecule has 1 aliphatic carbocycles. The summed E-state index contributed by atoms with van der Waals surface area (Å²) in [4.78, 5) is 13.8. The second-order valence-electron chi connectivity index (χ2n) is 5.78. The molecule has 1 unspecified atom stereocenters. The molecule has 1 aromatic heterocycles. The van der Waals surface area contributed by atoms with Gasteiger partial charge in [0.05, 0.1) is 23.5 Å². The SMILES string of the molecule is CS(=O)(=O)Nc1ccc(F)cc1C(=O)NC1CCCc2sccc21. The number of anilines is 1. The number of halogens is 1. The first-order valence-electron chi connectivity index (χ1n) is 7.48. The normalized spacial score (nSPS) is 17.2. The van der Waals surface area contributed by atoms with Gasteiger partial charge in [-0.15, -0.1) is 11.3 Å². The fourth-order valence-electron chi connectivity index (χ4n) is 2.87. The summed E-state index contributed by atoms with van der Waals surface area (Å²) < 4.78 is 38.7. The fraction of sp³-hybridized carbons (Fsp3) is 0.312. The van der Waals surface area contributed by atoms with Gasteiger partial charge in [-0.05, 0) is 54.5 Å². The van der Waals surface area contributed by atoms with Crippen LogP contribution < -0.4 is 10.0 Å². The number of aryl methyl sites for hydroxylation is 1. The second-order valence-corrected chi connectivity index (χ2v) is 8.53. The number of carbonyl (C=O) groups excluding carboxylic acids is 1. The molecule has 2 aromatic rings. The first-order chi connectivity index (χ1) is 11.3. The zero-order chi connectivity index (χ0) is 17.3. The van der Waals surface area contributed by atoms with Gasteiger partial charge in [0.1, 0.15) is 5.82 Å². The van der Waals surface area contributed by atoms with Crippen LogP contribution in [0.4, 0.5) is 10.1 Å². The Balaban J connectivity index is 1.87. The summed E-state index contributed by atoms with van der Waals surface area (Å²) in [6.07, 6.45) is 3.76. The van der Waals surface area contributed by atoms with Gasteiger partial charge in [-0.25, -0.2) is 12.8 Å². The lowest BCUT2D eigenvalue weighted by Crippen LogP contribution is -2.31. The van der Waals surface area contributed by atoms with Crippen LogP contribution in [0.5, 0.6) is 0 Å². The Hall–Kier alpha value is -1.93. The van der Waals surface area contributed by atoms with Crippen molar-refractivity contribution in [2.24, 2.45) is 0 Å². The number of rotatable bonds is 4. The average Bonchev–Trinajstić information content (AvgIpc) is 2.97. The zero-order valence-electron chi connectivity index (χ0n) is 13.0. The number of thiophene rings is 1. The van der Waals surface area contributed by atoms with E-state index >= 15 is 0 Å². The summed E-state index contributed by atoms with van der Waals surface area (Å²) in [7, 11) is -3.57. The number of carbonyl (C=O) groups is 1. The van der Waals surface area contributed by atoms with E-state index in [4.69, 9.17) is 0 Å². The molecule has 0 saturated carbocycles. The number of amides is 1. The number of hydrogen-bond acceptors (Lipinski definition) is 4. The monoisotopic (exact) mass is 368 g/mol. The number of nitrogens with one attached hydrogen (secondary N) is 2. The van der Waals surface area contributed by atoms with Gasteiger partial charge in [-0.3, -0.25) is 9.52 Å². The first-order valence-corrected chi connectivity index (χ1v) is 10.2. The molecule has 1 atom stereocenters. The Morgan fingerprint density at radius 2 is 2.12 bits per heavy atom. The van der Waals surface area contributed by atoms with E-state index in [1.165, 1.54) is 10.9 Å². The number of benzene rings is 1. The van der Waals surface area contributed by atoms with Crippen LogP contribution >= 0.6 is 11.3 Å². The molecule has 1 amide bonds. The summed E-state index contributed by atoms with van der Waals surface area (Å²) in [6, 6.07) is 5.26. The third-order valence-corrected chi connectivity index (χ3v) is 5.47. The summed E-state index contributed by atoms with van der Waals surface area (Å²) >= 11 is 1.66. The minimum absolute atomic E-state index is 0.0252. The molecule has 3 rings (SSSR count). The minimum atomic E-state index is -3.57. The lowest BCUT2D eigenvalue weighted by molar-refractivity contribution is 0.0933. The molecule has 24 heavy (non-hydrogen) atoms. The van der Waals surface area contributed by atoms with Gasteiger partial charge in [0.15, 0.2) is 0 Å². The van der Waals surface area contributed by atoms with Crippen molar-refractivity contribution in [1.29, 1.82) is 0 Å². The maximum atomic E-state index is 13.6. The fourth-order valence-corrected chi connectivity index (χ4v) is 4.43. The molecule has 1 aromatic carbocycles. The van der Waals surface area contributed by atoms with Crippen LogP contribution in [-0.4, -0.2) is 20.6 Å². The highest BCUT2D eigenvalue weighted by atomic mass is 32.2. The lowest BCUT2D eigenvalue weighted by Gasteiger charge is -2.24. The van der Waals surface area contributed by atoms with Gasteiger partial charge >= 0.3 is 0 Å². The van der Waals surface area contributed by atoms with E-state index in [0.717, 1.165) is 43.2 Å². The molecule has 5 nitrogen and oxygen atoms in total. The molecule has 0 saturated heterocycles. The number of fused-ring (bicyclic) bond motifs is 1. The molecule has 2 N–H and O–H groups in total. The van der Waals surface area contributed by atoms with E-state index in [2.05, 4.69) is 10.0 Å². The molecular formula is C16H17FN2O3S2. The van der Waals surface area contributed by atoms with Crippen molar-refractivity contribution >= 4 is 33.0 Å². The second kappa shape index (κ2) is 6.52. The topological polar surface area (TPSA) is 75.3 Å². The van der Waals surface area contributed by atoms with Crippen molar-refractivity contribution in [2.75, 3.05) is 11.0 Å². The Morgan fingerprint density at radius 3 is 2.88 bits per heavy atom. The molecule has 1 aliphatic rings. The Bertz CT molecular complexity index is 877. The molecule has 8 heteroatoms. The van der Waals surface area contributed by atoms with Gasteiger partial charge in [0.25, 0.3) is 5.91 Å². The predicted molar refractivity (Wildman–Crippen MR) is 92.3 cm³/mol. The third kappa shape index (κ3) is 3.76. The van der Waals surface area contributed by atoms with Crippen LogP contribution in [0.25, 0.3) is 0 Å². The average molecular weight is 368 g/mol. The molecule has 0 aliphatic heterocycles. The van der Waals surface area contributed by atoms with Crippen LogP contribution in [0, 0.1) is 5.82 Å². The van der Waals surface area contributed by atoms with Gasteiger partial charge in [0, 0.05) is 4.88 Å².